The van der Waals surface area contributed by atoms with Gasteiger partial charge in [-0.1, -0.05) is 6.07 Å². The van der Waals surface area contributed by atoms with Crippen LogP contribution in [0.3, 0.4) is 0 Å². The van der Waals surface area contributed by atoms with Gasteiger partial charge in [0.15, 0.2) is 5.78 Å². The first-order chi connectivity index (χ1) is 9.11. The monoisotopic (exact) mass is 258 g/mol. The molecule has 19 heavy (non-hydrogen) atoms. The summed E-state index contributed by atoms with van der Waals surface area (Å²) in [7, 11) is 1.34. The van der Waals surface area contributed by atoms with Gasteiger partial charge in [0, 0.05) is 18.0 Å². The van der Waals surface area contributed by atoms with Crippen LogP contribution in [0, 0.1) is 0 Å². The quantitative estimate of drug-likeness (QED) is 0.619. The predicted molar refractivity (Wildman–Crippen MR) is 69.3 cm³/mol. The average molecular weight is 258 g/mol. The Morgan fingerprint density at radius 3 is 2.74 bits per heavy atom. The topological polar surface area (TPSA) is 61.2 Å². The van der Waals surface area contributed by atoms with Crippen LogP contribution < -0.4 is 0 Å². The first kappa shape index (κ1) is 13.0. The number of carbonyl (C=O) groups excluding carboxylic acids is 2. The van der Waals surface area contributed by atoms with E-state index in [4.69, 9.17) is 0 Å². The molecule has 98 valence electrons. The van der Waals surface area contributed by atoms with Crippen LogP contribution in [0.4, 0.5) is 0 Å². The molecule has 0 aliphatic heterocycles. The molecule has 5 heteroatoms. The van der Waals surface area contributed by atoms with E-state index >= 15 is 0 Å². The highest BCUT2D eigenvalue weighted by Crippen LogP contribution is 2.17. The van der Waals surface area contributed by atoms with Gasteiger partial charge >= 0.3 is 5.97 Å². The van der Waals surface area contributed by atoms with Gasteiger partial charge in [0.2, 0.25) is 0 Å². The molecule has 1 heterocycles. The summed E-state index contributed by atoms with van der Waals surface area (Å²) in [5.41, 5.74) is 1.98. The molecular formula is C14H14N2O3. The van der Waals surface area contributed by atoms with Crippen LogP contribution >= 0.6 is 0 Å². The lowest BCUT2D eigenvalue weighted by Gasteiger charge is -2.09. The highest BCUT2D eigenvalue weighted by Gasteiger charge is 2.12. The molecule has 2 rings (SSSR count). The standard InChI is InChI=1S/C14H14N2O3/c1-10(17)12-8-11(9-14(18)19-2)4-5-13(12)16-7-3-6-15-16/h3-8H,9H2,1-2H3. The van der Waals surface area contributed by atoms with E-state index in [2.05, 4.69) is 9.84 Å². The molecule has 0 amide bonds. The predicted octanol–water partition coefficient (Wildman–Crippen LogP) is 1.79. The fourth-order valence-corrected chi connectivity index (χ4v) is 1.83. The van der Waals surface area contributed by atoms with Crippen LogP contribution in [0.2, 0.25) is 0 Å². The number of aromatic nitrogens is 2. The van der Waals surface area contributed by atoms with Crippen molar-refractivity contribution in [2.75, 3.05) is 7.11 Å². The summed E-state index contributed by atoms with van der Waals surface area (Å²) in [5.74, 6) is -0.404. The van der Waals surface area contributed by atoms with Crippen LogP contribution in [-0.2, 0) is 16.0 Å². The van der Waals surface area contributed by atoms with Crippen molar-refractivity contribution in [2.24, 2.45) is 0 Å². The van der Waals surface area contributed by atoms with Crippen molar-refractivity contribution in [1.29, 1.82) is 0 Å². The fourth-order valence-electron chi connectivity index (χ4n) is 1.83. The van der Waals surface area contributed by atoms with Gasteiger partial charge < -0.3 is 4.74 Å². The van der Waals surface area contributed by atoms with Gasteiger partial charge in [-0.25, -0.2) is 4.68 Å². The molecule has 0 radical (unpaired) electrons. The maximum atomic E-state index is 11.7. The summed E-state index contributed by atoms with van der Waals surface area (Å²) >= 11 is 0. The van der Waals surface area contributed by atoms with E-state index < -0.39 is 0 Å². The number of ether oxygens (including phenoxy) is 1. The second-order valence-corrected chi connectivity index (χ2v) is 4.11. The van der Waals surface area contributed by atoms with Crippen molar-refractivity contribution in [3.63, 3.8) is 0 Å². The van der Waals surface area contributed by atoms with Crippen molar-refractivity contribution >= 4 is 11.8 Å². The SMILES string of the molecule is COC(=O)Cc1ccc(-n2cccn2)c(C(C)=O)c1. The third-order valence-electron chi connectivity index (χ3n) is 2.77. The van der Waals surface area contributed by atoms with Crippen molar-refractivity contribution in [3.8, 4) is 5.69 Å². The second-order valence-electron chi connectivity index (χ2n) is 4.11. The van der Waals surface area contributed by atoms with Crippen LogP contribution in [0.1, 0.15) is 22.8 Å². The molecule has 0 saturated heterocycles. The molecule has 1 aromatic heterocycles. The van der Waals surface area contributed by atoms with Crippen LogP contribution in [0.25, 0.3) is 5.69 Å². The van der Waals surface area contributed by atoms with Crippen LogP contribution in [-0.4, -0.2) is 28.6 Å². The Balaban J connectivity index is 2.41. The summed E-state index contributed by atoms with van der Waals surface area (Å²) in [6.07, 6.45) is 3.56. The van der Waals surface area contributed by atoms with Crippen LogP contribution in [0.15, 0.2) is 36.7 Å². The van der Waals surface area contributed by atoms with E-state index in [0.29, 0.717) is 11.3 Å². The van der Waals surface area contributed by atoms with Gasteiger partial charge in [-0.3, -0.25) is 9.59 Å². The van der Waals surface area contributed by atoms with Crippen molar-refractivity contribution in [2.45, 2.75) is 13.3 Å². The lowest BCUT2D eigenvalue weighted by Crippen LogP contribution is -2.08. The average Bonchev–Trinajstić information content (AvgIpc) is 2.92. The molecule has 5 nitrogen and oxygen atoms in total. The number of esters is 1. The zero-order chi connectivity index (χ0) is 13.8. The Morgan fingerprint density at radius 2 is 2.16 bits per heavy atom. The smallest absolute Gasteiger partial charge is 0.309 e. The summed E-state index contributed by atoms with van der Waals surface area (Å²) in [6, 6.07) is 7.06. The number of ketones is 1. The van der Waals surface area contributed by atoms with E-state index in [-0.39, 0.29) is 18.2 Å². The molecule has 1 aromatic carbocycles. The number of hydrogen-bond donors (Lipinski definition) is 0. The second kappa shape index (κ2) is 5.48. The largest absolute Gasteiger partial charge is 0.469 e. The van der Waals surface area contributed by atoms with Gasteiger partial charge in [-0.2, -0.15) is 5.10 Å². The molecule has 0 N–H and O–H groups in total. The van der Waals surface area contributed by atoms with Crippen molar-refractivity contribution in [1.82, 2.24) is 9.78 Å². The first-order valence-corrected chi connectivity index (χ1v) is 5.82. The van der Waals surface area contributed by atoms with Gasteiger partial charge in [0.1, 0.15) is 0 Å². The van der Waals surface area contributed by atoms with Crippen LogP contribution in [0.5, 0.6) is 0 Å². The third kappa shape index (κ3) is 2.88. The fraction of sp³-hybridized carbons (Fsp3) is 0.214. The van der Waals surface area contributed by atoms with Gasteiger partial charge in [0.05, 0.1) is 19.2 Å². The van der Waals surface area contributed by atoms with Gasteiger partial charge in [-0.15, -0.1) is 0 Å². The first-order valence-electron chi connectivity index (χ1n) is 5.82. The molecule has 0 unspecified atom stereocenters. The molecule has 0 aliphatic carbocycles. The van der Waals surface area contributed by atoms with E-state index in [1.807, 2.05) is 0 Å². The van der Waals surface area contributed by atoms with Crippen molar-refractivity contribution in [3.05, 3.63) is 47.8 Å². The number of hydrogen-bond acceptors (Lipinski definition) is 4. The number of rotatable bonds is 4. The number of nitrogens with zero attached hydrogens (tertiary/aromatic N) is 2. The third-order valence-corrected chi connectivity index (χ3v) is 2.77. The Hall–Kier alpha value is -2.43. The van der Waals surface area contributed by atoms with Gasteiger partial charge in [-0.05, 0) is 30.7 Å². The summed E-state index contributed by atoms with van der Waals surface area (Å²) in [6.45, 7) is 1.49. The summed E-state index contributed by atoms with van der Waals surface area (Å²) in [4.78, 5) is 23.0. The minimum atomic E-state index is -0.332. The van der Waals surface area contributed by atoms with Crippen molar-refractivity contribution < 1.29 is 14.3 Å². The Labute approximate surface area is 110 Å². The molecule has 0 fully saturated rings. The lowest BCUT2D eigenvalue weighted by molar-refractivity contribution is -0.139. The van der Waals surface area contributed by atoms with Gasteiger partial charge in [0.25, 0.3) is 0 Å². The minimum Gasteiger partial charge on any atom is -0.469 e. The highest BCUT2D eigenvalue weighted by molar-refractivity contribution is 5.98. The van der Waals surface area contributed by atoms with E-state index in [1.165, 1.54) is 14.0 Å². The highest BCUT2D eigenvalue weighted by atomic mass is 16.5. The zero-order valence-corrected chi connectivity index (χ0v) is 10.8. The Kier molecular flexibility index (Phi) is 3.75. The molecule has 0 bridgehead atoms. The maximum absolute atomic E-state index is 11.7. The van der Waals surface area contributed by atoms with E-state index in [1.54, 1.807) is 41.3 Å². The molecule has 0 saturated carbocycles. The Bertz CT molecular complexity index is 603. The number of methoxy groups -OCH3 is 1. The number of Topliss-reactive ketones (excluding diaryl/α,β-unsaturated/α-hetero) is 1. The molecule has 2 aromatic rings. The Morgan fingerprint density at radius 1 is 1.37 bits per heavy atom. The molecular weight excluding hydrogens is 244 g/mol. The number of carbonyl (C=O) groups is 2. The normalized spacial score (nSPS) is 10.2. The molecule has 0 aliphatic rings. The molecule has 0 spiro atoms. The summed E-state index contributed by atoms with van der Waals surface area (Å²) in [5, 5.41) is 4.11. The maximum Gasteiger partial charge on any atom is 0.309 e. The minimum absolute atomic E-state index is 0.0720. The summed E-state index contributed by atoms with van der Waals surface area (Å²) < 4.78 is 6.24. The lowest BCUT2D eigenvalue weighted by atomic mass is 10.0. The number of benzene rings is 1. The van der Waals surface area contributed by atoms with E-state index in [0.717, 1.165) is 5.56 Å². The molecule has 0 atom stereocenters. The van der Waals surface area contributed by atoms with E-state index in [9.17, 15) is 9.59 Å². The zero-order valence-electron chi connectivity index (χ0n) is 10.8.